The van der Waals surface area contributed by atoms with Crippen molar-refractivity contribution in [1.82, 2.24) is 0 Å². The smallest absolute Gasteiger partial charge is 0.123 e. The Hall–Kier alpha value is -0.330. The molecule has 0 aliphatic heterocycles. The van der Waals surface area contributed by atoms with E-state index in [2.05, 4.69) is 13.8 Å². The second-order valence-electron chi connectivity index (χ2n) is 9.42. The van der Waals surface area contributed by atoms with Crippen molar-refractivity contribution < 1.29 is 4.79 Å². The molecule has 0 spiro atoms. The van der Waals surface area contributed by atoms with Gasteiger partial charge in [-0.3, -0.25) is 0 Å². The summed E-state index contributed by atoms with van der Waals surface area (Å²) in [6.45, 7) is 4.96. The summed E-state index contributed by atoms with van der Waals surface area (Å²) in [4.78, 5) is 11.2. The van der Waals surface area contributed by atoms with Gasteiger partial charge in [-0.2, -0.15) is 0 Å². The van der Waals surface area contributed by atoms with E-state index in [4.69, 9.17) is 0 Å². The molecule has 2 rings (SSSR count). The minimum Gasteiger partial charge on any atom is -0.303 e. The maximum absolute atomic E-state index is 11.2. The Morgan fingerprint density at radius 3 is 1.92 bits per heavy atom. The molecular formula is C24H44O. The van der Waals surface area contributed by atoms with Gasteiger partial charge in [-0.1, -0.05) is 97.3 Å². The first-order chi connectivity index (χ1) is 12.2. The van der Waals surface area contributed by atoms with Gasteiger partial charge in [0.2, 0.25) is 0 Å². The van der Waals surface area contributed by atoms with Crippen molar-refractivity contribution in [2.75, 3.05) is 0 Å². The van der Waals surface area contributed by atoms with Crippen molar-refractivity contribution >= 4 is 6.29 Å². The second-order valence-corrected chi connectivity index (χ2v) is 9.42. The Balaban J connectivity index is 1.41. The highest BCUT2D eigenvalue weighted by Crippen LogP contribution is 2.37. The van der Waals surface area contributed by atoms with Gasteiger partial charge in [-0.25, -0.2) is 0 Å². The summed E-state index contributed by atoms with van der Waals surface area (Å²) in [5.41, 5.74) is 0. The lowest BCUT2D eigenvalue weighted by Gasteiger charge is -2.34. The van der Waals surface area contributed by atoms with E-state index < -0.39 is 0 Å². The van der Waals surface area contributed by atoms with Crippen molar-refractivity contribution in [2.24, 2.45) is 29.6 Å². The van der Waals surface area contributed by atoms with E-state index in [1.807, 2.05) is 0 Å². The van der Waals surface area contributed by atoms with E-state index in [1.165, 1.54) is 103 Å². The minimum atomic E-state index is 0.388. The van der Waals surface area contributed by atoms with Crippen molar-refractivity contribution in [3.8, 4) is 0 Å². The number of hydrogen-bond acceptors (Lipinski definition) is 1. The van der Waals surface area contributed by atoms with Gasteiger partial charge < -0.3 is 4.79 Å². The van der Waals surface area contributed by atoms with Crippen LogP contribution < -0.4 is 0 Å². The standard InChI is InChI=1S/C24H44O/c1-20-13-12-18-22(21(20)2)14-8-6-4-3-5-7-9-15-23-16-10-11-17-24(23)19-25/h19-24H,3-18H2,1-2H3. The second kappa shape index (κ2) is 12.1. The van der Waals surface area contributed by atoms with E-state index in [-0.39, 0.29) is 0 Å². The zero-order valence-corrected chi connectivity index (χ0v) is 17.2. The first kappa shape index (κ1) is 21.0. The number of carbonyl (C=O) groups excluding carboxylic acids is 1. The fraction of sp³-hybridized carbons (Fsp3) is 0.958. The molecule has 0 heterocycles. The number of aldehydes is 1. The van der Waals surface area contributed by atoms with Gasteiger partial charge in [0.25, 0.3) is 0 Å². The molecule has 2 aliphatic carbocycles. The van der Waals surface area contributed by atoms with Crippen LogP contribution in [0, 0.1) is 29.6 Å². The van der Waals surface area contributed by atoms with Crippen LogP contribution in [0.4, 0.5) is 0 Å². The quantitative estimate of drug-likeness (QED) is 0.278. The van der Waals surface area contributed by atoms with Crippen molar-refractivity contribution in [1.29, 1.82) is 0 Å². The van der Waals surface area contributed by atoms with E-state index in [0.29, 0.717) is 11.8 Å². The first-order valence-electron chi connectivity index (χ1n) is 11.7. The molecule has 2 aliphatic rings. The average molecular weight is 349 g/mol. The van der Waals surface area contributed by atoms with Crippen molar-refractivity contribution in [3.05, 3.63) is 0 Å². The van der Waals surface area contributed by atoms with Gasteiger partial charge in [-0.15, -0.1) is 0 Å². The third-order valence-corrected chi connectivity index (χ3v) is 7.67. The van der Waals surface area contributed by atoms with Gasteiger partial charge in [0.05, 0.1) is 0 Å². The lowest BCUT2D eigenvalue weighted by atomic mass is 9.72. The van der Waals surface area contributed by atoms with Crippen LogP contribution in [0.15, 0.2) is 0 Å². The number of rotatable bonds is 11. The molecule has 1 nitrogen and oxygen atoms in total. The van der Waals surface area contributed by atoms with Gasteiger partial charge in [-0.05, 0) is 42.9 Å². The third kappa shape index (κ3) is 7.43. The number of carbonyl (C=O) groups is 1. The summed E-state index contributed by atoms with van der Waals surface area (Å²) in [6.07, 6.45) is 23.5. The summed E-state index contributed by atoms with van der Waals surface area (Å²) in [5.74, 6) is 4.04. The van der Waals surface area contributed by atoms with Gasteiger partial charge in [0.15, 0.2) is 0 Å². The summed E-state index contributed by atoms with van der Waals surface area (Å²) in [5, 5.41) is 0. The SMILES string of the molecule is CC1CCCC(CCCCCCCCCC2CCCCC2C=O)C1C. The maximum atomic E-state index is 11.2. The fourth-order valence-corrected chi connectivity index (χ4v) is 5.57. The van der Waals surface area contributed by atoms with Crippen LogP contribution >= 0.6 is 0 Å². The molecule has 0 N–H and O–H groups in total. The Morgan fingerprint density at radius 2 is 1.24 bits per heavy atom. The maximum Gasteiger partial charge on any atom is 0.123 e. The Morgan fingerprint density at radius 1 is 0.680 bits per heavy atom. The molecule has 0 aromatic heterocycles. The molecule has 1 heteroatoms. The Kier molecular flexibility index (Phi) is 10.2. The summed E-state index contributed by atoms with van der Waals surface area (Å²) < 4.78 is 0. The fourth-order valence-electron chi connectivity index (χ4n) is 5.57. The summed E-state index contributed by atoms with van der Waals surface area (Å²) >= 11 is 0. The van der Waals surface area contributed by atoms with Crippen LogP contribution in [0.1, 0.15) is 117 Å². The Labute approximate surface area is 157 Å². The summed E-state index contributed by atoms with van der Waals surface area (Å²) in [7, 11) is 0. The van der Waals surface area contributed by atoms with Crippen LogP contribution in [-0.2, 0) is 4.79 Å². The van der Waals surface area contributed by atoms with Crippen LogP contribution in [0.5, 0.6) is 0 Å². The molecule has 0 saturated heterocycles. The first-order valence-corrected chi connectivity index (χ1v) is 11.7. The lowest BCUT2D eigenvalue weighted by Crippen LogP contribution is -2.23. The zero-order valence-electron chi connectivity index (χ0n) is 17.2. The van der Waals surface area contributed by atoms with Gasteiger partial charge in [0, 0.05) is 5.92 Å². The zero-order chi connectivity index (χ0) is 17.9. The molecule has 2 fully saturated rings. The molecule has 5 atom stereocenters. The molecular weight excluding hydrogens is 304 g/mol. The van der Waals surface area contributed by atoms with Crippen LogP contribution in [0.3, 0.4) is 0 Å². The van der Waals surface area contributed by atoms with Crippen molar-refractivity contribution in [3.63, 3.8) is 0 Å². The van der Waals surface area contributed by atoms with E-state index in [9.17, 15) is 4.79 Å². The highest BCUT2D eigenvalue weighted by atomic mass is 16.1. The average Bonchev–Trinajstić information content (AvgIpc) is 2.64. The van der Waals surface area contributed by atoms with Crippen LogP contribution in [0.25, 0.3) is 0 Å². The van der Waals surface area contributed by atoms with E-state index in [0.717, 1.165) is 24.2 Å². The molecule has 0 bridgehead atoms. The summed E-state index contributed by atoms with van der Waals surface area (Å²) in [6, 6.07) is 0. The molecule has 25 heavy (non-hydrogen) atoms. The highest BCUT2D eigenvalue weighted by molar-refractivity contribution is 5.54. The molecule has 146 valence electrons. The molecule has 2 saturated carbocycles. The highest BCUT2D eigenvalue weighted by Gasteiger charge is 2.26. The molecule has 0 aromatic rings. The molecule has 0 radical (unpaired) electrons. The van der Waals surface area contributed by atoms with Crippen LogP contribution in [0.2, 0.25) is 0 Å². The normalized spacial score (nSPS) is 33.3. The monoisotopic (exact) mass is 348 g/mol. The number of hydrogen-bond donors (Lipinski definition) is 0. The van der Waals surface area contributed by atoms with Crippen molar-refractivity contribution in [2.45, 2.75) is 117 Å². The molecule has 0 aromatic carbocycles. The topological polar surface area (TPSA) is 17.1 Å². The van der Waals surface area contributed by atoms with Gasteiger partial charge >= 0.3 is 0 Å². The molecule has 5 unspecified atom stereocenters. The minimum absolute atomic E-state index is 0.388. The van der Waals surface area contributed by atoms with Crippen LogP contribution in [-0.4, -0.2) is 6.29 Å². The molecule has 0 amide bonds. The van der Waals surface area contributed by atoms with E-state index in [1.54, 1.807) is 0 Å². The lowest BCUT2D eigenvalue weighted by molar-refractivity contribution is -0.113. The van der Waals surface area contributed by atoms with Gasteiger partial charge in [0.1, 0.15) is 6.29 Å². The third-order valence-electron chi connectivity index (χ3n) is 7.67. The predicted molar refractivity (Wildman–Crippen MR) is 109 cm³/mol. The largest absolute Gasteiger partial charge is 0.303 e. The van der Waals surface area contributed by atoms with E-state index >= 15 is 0 Å². The predicted octanol–water partition coefficient (Wildman–Crippen LogP) is 7.57. The number of unbranched alkanes of at least 4 members (excludes halogenated alkanes) is 6. The Bertz CT molecular complexity index is 350.